The fraction of sp³-hybridized carbons (Fsp3) is 0.286. The summed E-state index contributed by atoms with van der Waals surface area (Å²) in [7, 11) is 4.12. The van der Waals surface area contributed by atoms with Crippen LogP contribution < -0.4 is 5.32 Å². The maximum atomic E-state index is 5.72. The average molecular weight is 265 g/mol. The van der Waals surface area contributed by atoms with Crippen molar-refractivity contribution in [3.8, 4) is 0 Å². The highest BCUT2D eigenvalue weighted by Gasteiger charge is 2.01. The first kappa shape index (κ1) is 13.0. The second kappa shape index (κ2) is 5.94. The molecule has 2 aromatic rings. The van der Waals surface area contributed by atoms with Gasteiger partial charge in [0.2, 0.25) is 0 Å². The van der Waals surface area contributed by atoms with Crippen molar-refractivity contribution >= 4 is 17.3 Å². The highest BCUT2D eigenvalue weighted by Crippen LogP contribution is 2.16. The lowest BCUT2D eigenvalue weighted by Gasteiger charge is -2.11. The van der Waals surface area contributed by atoms with E-state index in [-0.39, 0.29) is 0 Å². The molecule has 0 aliphatic rings. The van der Waals surface area contributed by atoms with Gasteiger partial charge in [-0.3, -0.25) is 0 Å². The highest BCUT2D eigenvalue weighted by molar-refractivity contribution is 6.28. The summed E-state index contributed by atoms with van der Waals surface area (Å²) in [6.07, 6.45) is 0. The van der Waals surface area contributed by atoms with Crippen LogP contribution in [-0.4, -0.2) is 19.0 Å². The molecule has 0 spiro atoms. The molecular weight excluding hydrogens is 248 g/mol. The molecule has 1 heterocycles. The van der Waals surface area contributed by atoms with Gasteiger partial charge in [0.25, 0.3) is 0 Å². The summed E-state index contributed by atoms with van der Waals surface area (Å²) in [6, 6.07) is 12.0. The minimum absolute atomic E-state index is 0.424. The third-order valence-corrected chi connectivity index (χ3v) is 2.72. The van der Waals surface area contributed by atoms with Crippen LogP contribution in [-0.2, 0) is 13.1 Å². The normalized spacial score (nSPS) is 10.9. The van der Waals surface area contributed by atoms with Crippen molar-refractivity contribution in [3.63, 3.8) is 0 Å². The molecule has 0 fully saturated rings. The van der Waals surface area contributed by atoms with Crippen molar-refractivity contribution in [1.29, 1.82) is 0 Å². The van der Waals surface area contributed by atoms with E-state index in [9.17, 15) is 0 Å². The fourth-order valence-corrected chi connectivity index (χ4v) is 1.94. The molecule has 0 bridgehead atoms. The van der Waals surface area contributed by atoms with E-state index in [4.69, 9.17) is 16.0 Å². The van der Waals surface area contributed by atoms with Gasteiger partial charge in [-0.1, -0.05) is 12.1 Å². The van der Waals surface area contributed by atoms with Gasteiger partial charge in [0, 0.05) is 12.2 Å². The van der Waals surface area contributed by atoms with Crippen molar-refractivity contribution in [2.24, 2.45) is 0 Å². The zero-order valence-corrected chi connectivity index (χ0v) is 11.4. The Morgan fingerprint density at radius 2 is 2.06 bits per heavy atom. The van der Waals surface area contributed by atoms with E-state index in [0.29, 0.717) is 11.8 Å². The first-order valence-electron chi connectivity index (χ1n) is 5.85. The maximum absolute atomic E-state index is 5.72. The topological polar surface area (TPSA) is 28.4 Å². The molecule has 0 aliphatic carbocycles. The average Bonchev–Trinajstić information content (AvgIpc) is 2.72. The van der Waals surface area contributed by atoms with Crippen LogP contribution in [0.15, 0.2) is 40.8 Å². The van der Waals surface area contributed by atoms with Gasteiger partial charge in [0.15, 0.2) is 5.22 Å². The molecule has 1 N–H and O–H groups in total. The molecule has 0 aliphatic heterocycles. The van der Waals surface area contributed by atoms with Crippen LogP contribution in [0.1, 0.15) is 11.3 Å². The number of rotatable bonds is 5. The molecule has 0 radical (unpaired) electrons. The fourth-order valence-electron chi connectivity index (χ4n) is 1.78. The highest BCUT2D eigenvalue weighted by atomic mass is 35.5. The number of hydrogen-bond acceptors (Lipinski definition) is 3. The summed E-state index contributed by atoms with van der Waals surface area (Å²) in [6.45, 7) is 1.57. The maximum Gasteiger partial charge on any atom is 0.193 e. The lowest BCUT2D eigenvalue weighted by atomic mass is 10.2. The van der Waals surface area contributed by atoms with E-state index in [1.165, 1.54) is 5.56 Å². The third kappa shape index (κ3) is 3.79. The first-order valence-corrected chi connectivity index (χ1v) is 6.23. The molecule has 0 atom stereocenters. The molecule has 0 amide bonds. The predicted molar refractivity (Wildman–Crippen MR) is 74.9 cm³/mol. The summed E-state index contributed by atoms with van der Waals surface area (Å²) in [4.78, 5) is 2.14. The van der Waals surface area contributed by atoms with Crippen LogP contribution in [0.2, 0.25) is 5.22 Å². The largest absolute Gasteiger partial charge is 0.448 e. The molecule has 2 rings (SSSR count). The Hall–Kier alpha value is -1.45. The van der Waals surface area contributed by atoms with Crippen molar-refractivity contribution in [2.45, 2.75) is 13.1 Å². The van der Waals surface area contributed by atoms with Crippen LogP contribution in [0.5, 0.6) is 0 Å². The van der Waals surface area contributed by atoms with Gasteiger partial charge >= 0.3 is 0 Å². The van der Waals surface area contributed by atoms with Crippen molar-refractivity contribution in [3.05, 3.63) is 52.9 Å². The monoisotopic (exact) mass is 264 g/mol. The lowest BCUT2D eigenvalue weighted by Crippen LogP contribution is -2.10. The summed E-state index contributed by atoms with van der Waals surface area (Å²) < 4.78 is 5.29. The van der Waals surface area contributed by atoms with Crippen LogP contribution in [0.4, 0.5) is 5.69 Å². The summed E-state index contributed by atoms with van der Waals surface area (Å²) in [5, 5.41) is 3.74. The molecule has 1 aromatic carbocycles. The smallest absolute Gasteiger partial charge is 0.193 e. The Kier molecular flexibility index (Phi) is 4.28. The van der Waals surface area contributed by atoms with Crippen molar-refractivity contribution in [2.75, 3.05) is 19.4 Å². The van der Waals surface area contributed by atoms with Gasteiger partial charge in [-0.05, 0) is 55.5 Å². The molecule has 18 heavy (non-hydrogen) atoms. The molecular formula is C14H17ClN2O. The zero-order valence-electron chi connectivity index (χ0n) is 10.6. The van der Waals surface area contributed by atoms with Gasteiger partial charge in [-0.15, -0.1) is 0 Å². The molecule has 1 aromatic heterocycles. The molecule has 4 heteroatoms. The number of nitrogens with zero attached hydrogens (tertiary/aromatic N) is 1. The molecule has 0 saturated heterocycles. The second-order valence-corrected chi connectivity index (χ2v) is 4.87. The van der Waals surface area contributed by atoms with Gasteiger partial charge in [-0.2, -0.15) is 0 Å². The minimum atomic E-state index is 0.424. The number of benzene rings is 1. The van der Waals surface area contributed by atoms with Crippen LogP contribution in [0, 0.1) is 0 Å². The van der Waals surface area contributed by atoms with Gasteiger partial charge in [0.1, 0.15) is 5.76 Å². The zero-order chi connectivity index (χ0) is 13.0. The summed E-state index contributed by atoms with van der Waals surface area (Å²) in [5.74, 6) is 0.831. The summed E-state index contributed by atoms with van der Waals surface area (Å²) in [5.41, 5.74) is 2.37. The Balaban J connectivity index is 1.96. The first-order chi connectivity index (χ1) is 8.63. The minimum Gasteiger partial charge on any atom is -0.448 e. The summed E-state index contributed by atoms with van der Waals surface area (Å²) >= 11 is 5.72. The second-order valence-electron chi connectivity index (χ2n) is 4.50. The molecule has 0 saturated carbocycles. The van der Waals surface area contributed by atoms with Gasteiger partial charge in [-0.25, -0.2) is 0 Å². The molecule has 3 nitrogen and oxygen atoms in total. The van der Waals surface area contributed by atoms with Gasteiger partial charge < -0.3 is 14.6 Å². The number of anilines is 1. The van der Waals surface area contributed by atoms with Crippen LogP contribution in [0.3, 0.4) is 0 Å². The Morgan fingerprint density at radius 3 is 2.72 bits per heavy atom. The van der Waals surface area contributed by atoms with Crippen molar-refractivity contribution in [1.82, 2.24) is 4.90 Å². The van der Waals surface area contributed by atoms with E-state index in [1.54, 1.807) is 6.07 Å². The number of furan rings is 1. The Bertz CT molecular complexity index is 508. The van der Waals surface area contributed by atoms with E-state index in [0.717, 1.165) is 18.0 Å². The van der Waals surface area contributed by atoms with Crippen LogP contribution >= 0.6 is 11.6 Å². The number of nitrogens with one attached hydrogen (secondary N) is 1. The Labute approximate surface area is 112 Å². The van der Waals surface area contributed by atoms with Crippen LogP contribution in [0.25, 0.3) is 0 Å². The van der Waals surface area contributed by atoms with E-state index in [1.807, 2.05) is 12.1 Å². The van der Waals surface area contributed by atoms with Crippen molar-refractivity contribution < 1.29 is 4.42 Å². The number of hydrogen-bond donors (Lipinski definition) is 1. The van der Waals surface area contributed by atoms with E-state index < -0.39 is 0 Å². The molecule has 0 unspecified atom stereocenters. The number of halogens is 1. The SMILES string of the molecule is CN(C)Cc1cccc(NCc2ccc(Cl)o2)c1. The quantitative estimate of drug-likeness (QED) is 0.894. The standard InChI is InChI=1S/C14H17ClN2O/c1-17(2)10-11-4-3-5-12(8-11)16-9-13-6-7-14(15)18-13/h3-8,16H,9-10H2,1-2H3. The van der Waals surface area contributed by atoms with Gasteiger partial charge in [0.05, 0.1) is 6.54 Å². The molecule has 96 valence electrons. The Morgan fingerprint density at radius 1 is 1.22 bits per heavy atom. The lowest BCUT2D eigenvalue weighted by molar-refractivity contribution is 0.402. The third-order valence-electron chi connectivity index (χ3n) is 2.52. The van der Waals surface area contributed by atoms with E-state index >= 15 is 0 Å². The van der Waals surface area contributed by atoms with E-state index in [2.05, 4.69) is 42.5 Å². The predicted octanol–water partition coefficient (Wildman–Crippen LogP) is 3.61.